The molecule has 0 aliphatic carbocycles. The minimum Gasteiger partial charge on any atom is -0.417 e. The number of imidazole rings is 4. The van der Waals surface area contributed by atoms with Crippen LogP contribution in [0, 0.1) is 20.2 Å². The van der Waals surface area contributed by atoms with E-state index in [1.54, 1.807) is 50.1 Å². The summed E-state index contributed by atoms with van der Waals surface area (Å²) in [7, 11) is 7.75. The third-order valence-corrected chi connectivity index (χ3v) is 2.80. The SMILES string of the molecule is Cn1ccnc1.Cn1ccnc1.Cn1ccnc1.Cn1ccnc1.[Cu+2].[N-]=C=N[N+](=O)[O-].[N-]=C=N[N+](=O)[O-]. The maximum Gasteiger partial charge on any atom is 2.00 e. The van der Waals surface area contributed by atoms with Crippen molar-refractivity contribution in [3.05, 3.63) is 106 Å². The molecule has 0 amide bonds. The summed E-state index contributed by atoms with van der Waals surface area (Å²) in [5, 5.41) is 35.0. The fourth-order valence-electron chi connectivity index (χ4n) is 1.38. The monoisotopic (exact) mass is 563 g/mol. The van der Waals surface area contributed by atoms with Gasteiger partial charge in [0.05, 0.1) is 35.4 Å². The number of nitro groups is 2. The smallest absolute Gasteiger partial charge is 0.417 e. The van der Waals surface area contributed by atoms with Gasteiger partial charge in [-0.1, -0.05) is 22.2 Å². The Balaban J connectivity index is -0.000000373. The Hall–Kier alpha value is -5.08. The quantitative estimate of drug-likeness (QED) is 0.150. The first kappa shape index (κ1) is 36.5. The molecule has 0 aromatic carbocycles. The third-order valence-electron chi connectivity index (χ3n) is 2.80. The van der Waals surface area contributed by atoms with Gasteiger partial charge in [-0.25, -0.2) is 19.9 Å². The van der Waals surface area contributed by atoms with Gasteiger partial charge >= 0.3 is 17.1 Å². The van der Waals surface area contributed by atoms with Crippen LogP contribution in [0.15, 0.2) is 85.1 Å². The van der Waals surface area contributed by atoms with Crippen molar-refractivity contribution in [3.8, 4) is 0 Å². The van der Waals surface area contributed by atoms with Crippen molar-refractivity contribution in [1.29, 1.82) is 0 Å². The average Bonchev–Trinajstić information content (AvgIpc) is 3.62. The van der Waals surface area contributed by atoms with Crippen LogP contribution in [0.3, 0.4) is 0 Å². The Morgan fingerprint density at radius 3 is 0.865 bits per heavy atom. The summed E-state index contributed by atoms with van der Waals surface area (Å²) >= 11 is 0. The van der Waals surface area contributed by atoms with Crippen molar-refractivity contribution in [2.24, 2.45) is 38.4 Å². The minimum atomic E-state index is -1.06. The van der Waals surface area contributed by atoms with E-state index in [4.69, 9.17) is 31.0 Å². The first-order chi connectivity index (χ1) is 17.1. The average molecular weight is 564 g/mol. The van der Waals surface area contributed by atoms with E-state index in [2.05, 4.69) is 30.1 Å². The molecule has 0 saturated carbocycles. The van der Waals surface area contributed by atoms with E-state index in [0.717, 1.165) is 12.0 Å². The van der Waals surface area contributed by atoms with Crippen molar-refractivity contribution in [1.82, 2.24) is 38.2 Å². The van der Waals surface area contributed by atoms with Crippen LogP contribution in [0.5, 0.6) is 0 Å². The molecule has 0 saturated heterocycles. The fraction of sp³-hybridized carbons (Fsp3) is 0.222. The molecular weight excluding hydrogens is 540 g/mol. The van der Waals surface area contributed by atoms with Crippen molar-refractivity contribution in [2.45, 2.75) is 0 Å². The normalized spacial score (nSPS) is 7.68. The van der Waals surface area contributed by atoms with Crippen LogP contribution in [-0.4, -0.2) is 60.3 Å². The van der Waals surface area contributed by atoms with E-state index >= 15 is 0 Å². The zero-order valence-electron chi connectivity index (χ0n) is 20.1. The number of nitrogens with zero attached hydrogens (tertiary/aromatic N) is 14. The predicted molar refractivity (Wildman–Crippen MR) is 128 cm³/mol. The molecular formula is C18H24CuN14O4. The Morgan fingerprint density at radius 2 is 0.838 bits per heavy atom. The number of rotatable bonds is 2. The van der Waals surface area contributed by atoms with Gasteiger partial charge in [0.25, 0.3) is 0 Å². The fourth-order valence-corrected chi connectivity index (χ4v) is 1.38. The van der Waals surface area contributed by atoms with Crippen molar-refractivity contribution < 1.29 is 27.1 Å². The molecule has 4 aromatic rings. The zero-order chi connectivity index (χ0) is 27.6. The second kappa shape index (κ2) is 25.5. The molecule has 0 spiro atoms. The van der Waals surface area contributed by atoms with E-state index in [-0.39, 0.29) is 17.1 Å². The molecule has 0 N–H and O–H groups in total. The van der Waals surface area contributed by atoms with Crippen molar-refractivity contribution in [2.75, 3.05) is 0 Å². The molecule has 4 rings (SSSR count). The number of aryl methyl sites for hydroxylation is 4. The molecule has 1 radical (unpaired) electrons. The molecule has 0 atom stereocenters. The molecule has 201 valence electrons. The largest absolute Gasteiger partial charge is 2.00 e. The van der Waals surface area contributed by atoms with Gasteiger partial charge in [-0.05, 0) is 0 Å². The summed E-state index contributed by atoms with van der Waals surface area (Å²) in [5.41, 5.74) is 0. The number of hydrazone groups is 2. The van der Waals surface area contributed by atoms with Crippen LogP contribution in [0.25, 0.3) is 10.8 Å². The van der Waals surface area contributed by atoms with Crippen LogP contribution in [0.2, 0.25) is 0 Å². The summed E-state index contributed by atoms with van der Waals surface area (Å²) in [6.45, 7) is 0. The van der Waals surface area contributed by atoms with E-state index in [1.807, 2.05) is 71.2 Å². The summed E-state index contributed by atoms with van der Waals surface area (Å²) in [5.74, 6) is 0. The number of aromatic nitrogens is 8. The number of hydrogen-bond donors (Lipinski definition) is 0. The van der Waals surface area contributed by atoms with Crippen LogP contribution in [0.4, 0.5) is 0 Å². The molecule has 0 fully saturated rings. The van der Waals surface area contributed by atoms with Gasteiger partial charge in [0.2, 0.25) is 0 Å². The van der Waals surface area contributed by atoms with Gasteiger partial charge in [-0.2, -0.15) is 0 Å². The first-order valence-corrected chi connectivity index (χ1v) is 9.28. The molecule has 18 nitrogen and oxygen atoms in total. The van der Waals surface area contributed by atoms with E-state index in [9.17, 15) is 0 Å². The second-order valence-electron chi connectivity index (χ2n) is 5.79. The summed E-state index contributed by atoms with van der Waals surface area (Å²) in [6, 6.07) is 1.99. The molecule has 0 aliphatic rings. The first-order valence-electron chi connectivity index (χ1n) is 9.28. The Labute approximate surface area is 221 Å². The number of hydrogen-bond acceptors (Lipinski definition) is 8. The van der Waals surface area contributed by atoms with E-state index < -0.39 is 10.1 Å². The third kappa shape index (κ3) is 30.9. The van der Waals surface area contributed by atoms with Crippen LogP contribution < -0.4 is 0 Å². The topological polar surface area (TPSA) is 227 Å². The van der Waals surface area contributed by atoms with Crippen LogP contribution in [-0.2, 0) is 45.3 Å². The van der Waals surface area contributed by atoms with Gasteiger partial charge < -0.3 is 29.1 Å². The Kier molecular flexibility index (Phi) is 25.2. The van der Waals surface area contributed by atoms with Crippen molar-refractivity contribution in [3.63, 3.8) is 0 Å². The van der Waals surface area contributed by atoms with E-state index in [0.29, 0.717) is 0 Å². The van der Waals surface area contributed by atoms with Gasteiger partial charge in [-0.3, -0.25) is 20.2 Å². The Bertz CT molecular complexity index is 977. The standard InChI is InChI=1S/4C4H6N2.2CN3O2.Cu/c4*1-6-3-2-5-4-6;2*2-1-3-4(5)6;/h4*2-4H,1H3;;;/q;;;;2*-1;+2. The maximum absolute atomic E-state index is 9.02. The van der Waals surface area contributed by atoms with Crippen LogP contribution in [0.1, 0.15) is 0 Å². The summed E-state index contributed by atoms with van der Waals surface area (Å²) in [4.78, 5) is 33.2. The zero-order valence-corrected chi connectivity index (χ0v) is 21.1. The molecule has 0 unspecified atom stereocenters. The molecule has 4 heterocycles. The molecule has 37 heavy (non-hydrogen) atoms. The molecule has 4 aromatic heterocycles. The van der Waals surface area contributed by atoms with Crippen LogP contribution >= 0.6 is 0 Å². The molecule has 0 aliphatic heterocycles. The summed E-state index contributed by atoms with van der Waals surface area (Å²) in [6.07, 6.45) is 21.6. The molecule has 19 heteroatoms. The van der Waals surface area contributed by atoms with Gasteiger partial charge in [0.15, 0.2) is 0 Å². The predicted octanol–water partition coefficient (Wildman–Crippen LogP) is 1.52. The maximum atomic E-state index is 9.02. The second-order valence-corrected chi connectivity index (χ2v) is 5.79. The van der Waals surface area contributed by atoms with Gasteiger partial charge in [-0.15, -0.1) is 0 Å². The van der Waals surface area contributed by atoms with E-state index in [1.165, 1.54) is 0 Å². The minimum absolute atomic E-state index is 0. The Morgan fingerprint density at radius 1 is 0.622 bits per heavy atom. The molecule has 0 bridgehead atoms. The van der Waals surface area contributed by atoms with Gasteiger partial charge in [0, 0.05) is 77.8 Å². The van der Waals surface area contributed by atoms with Crippen molar-refractivity contribution >= 4 is 12.0 Å². The van der Waals surface area contributed by atoms with Gasteiger partial charge in [0.1, 0.15) is 0 Å². The summed E-state index contributed by atoms with van der Waals surface area (Å²) < 4.78 is 7.56.